The second kappa shape index (κ2) is 10.0. The van der Waals surface area contributed by atoms with Crippen molar-refractivity contribution in [2.24, 2.45) is 5.16 Å². The number of thiazole rings is 1. The Kier molecular flexibility index (Phi) is 7.60. The number of carbonyl (C=O) groups is 3. The average Bonchev–Trinajstić information content (AvgIpc) is 3.42. The van der Waals surface area contributed by atoms with Crippen molar-refractivity contribution in [3.63, 3.8) is 0 Å². The number of carbonyl (C=O) groups excluding carboxylic acids is 2. The highest BCUT2D eigenvalue weighted by atomic mass is 35.5. The summed E-state index contributed by atoms with van der Waals surface area (Å²) in [7, 11) is 0. The number of nitrogens with zero attached hydrogens (tertiary/aromatic N) is 5. The summed E-state index contributed by atoms with van der Waals surface area (Å²) < 4.78 is 4.60. The zero-order chi connectivity index (χ0) is 22.1. The molecule has 17 heteroatoms. The number of carboxylic acid groups (broad SMARTS) is 1. The molecule has 2 aromatic rings. The van der Waals surface area contributed by atoms with Crippen molar-refractivity contribution in [3.05, 3.63) is 28.7 Å². The van der Waals surface area contributed by atoms with Crippen molar-refractivity contribution in [2.45, 2.75) is 15.8 Å². The second-order valence-corrected chi connectivity index (χ2v) is 10.1. The van der Waals surface area contributed by atoms with E-state index in [4.69, 9.17) is 5.73 Å². The highest BCUT2D eigenvalue weighted by Gasteiger charge is 2.54. The Balaban J connectivity index is 0.00000289. The number of nitrogens with one attached hydrogen (secondary N) is 1. The number of anilines is 1. The number of carboxylic acids is 1. The summed E-state index contributed by atoms with van der Waals surface area (Å²) >= 11 is 4.95. The minimum absolute atomic E-state index is 0. The first-order chi connectivity index (χ1) is 14.9. The minimum Gasteiger partial charge on any atom is -0.477 e. The van der Waals surface area contributed by atoms with Gasteiger partial charge in [-0.2, -0.15) is 4.37 Å². The van der Waals surface area contributed by atoms with Crippen LogP contribution in [0.2, 0.25) is 0 Å². The van der Waals surface area contributed by atoms with Crippen molar-refractivity contribution < 1.29 is 24.7 Å². The predicted molar refractivity (Wildman–Crippen MR) is 122 cm³/mol. The lowest BCUT2D eigenvalue weighted by Gasteiger charge is -2.49. The van der Waals surface area contributed by atoms with E-state index in [1.54, 1.807) is 0 Å². The van der Waals surface area contributed by atoms with Crippen LogP contribution < -0.4 is 11.1 Å². The van der Waals surface area contributed by atoms with Gasteiger partial charge in [0.05, 0.1) is 0 Å². The molecule has 0 radical (unpaired) electrons. The molecule has 5 N–H and O–H groups in total. The maximum absolute atomic E-state index is 12.7. The standard InChI is InChI=1S/C15H13N7O5S4.ClH/c16-14-19-6(3-29-14)7(21-27)10(23)20-8-11(24)22-9(13(25)26)5(1-28-12(8)22)2-30-15-17-4-18-31-15;/h3-4,8,12,27H,1-2H2,(H2,16,19)(H,20,23)(H,25,26);1H/b21-7-;/t8?,12-;/m1./s1. The van der Waals surface area contributed by atoms with E-state index in [-0.39, 0.29) is 34.6 Å². The SMILES string of the molecule is Cl.Nc1nc(/C(=N/O)C(=O)NC2C(=O)N3C(C(=O)O)=C(CSc4ncns4)CS[C@H]23)cs1. The molecule has 2 aliphatic heterocycles. The normalized spacial score (nSPS) is 20.3. The molecule has 4 heterocycles. The van der Waals surface area contributed by atoms with Crippen molar-refractivity contribution in [2.75, 3.05) is 17.2 Å². The van der Waals surface area contributed by atoms with Crippen LogP contribution in [0.3, 0.4) is 0 Å². The van der Waals surface area contributed by atoms with Crippen molar-refractivity contribution in [1.82, 2.24) is 24.6 Å². The van der Waals surface area contributed by atoms with Gasteiger partial charge in [-0.25, -0.2) is 14.8 Å². The van der Waals surface area contributed by atoms with Crippen LogP contribution in [0.4, 0.5) is 5.13 Å². The van der Waals surface area contributed by atoms with E-state index in [2.05, 4.69) is 24.8 Å². The summed E-state index contributed by atoms with van der Waals surface area (Å²) in [6.45, 7) is 0. The molecule has 1 fully saturated rings. The van der Waals surface area contributed by atoms with Crippen molar-refractivity contribution >= 4 is 87.4 Å². The number of oxime groups is 1. The number of aliphatic carboxylic acids is 1. The first kappa shape index (κ1) is 24.2. The van der Waals surface area contributed by atoms with Crippen LogP contribution in [0.1, 0.15) is 5.69 Å². The smallest absolute Gasteiger partial charge is 0.352 e. The molecule has 0 bridgehead atoms. The number of nitrogen functional groups attached to an aromatic ring is 1. The first-order valence-corrected chi connectivity index (χ1v) is 12.1. The molecule has 4 rings (SSSR count). The Labute approximate surface area is 202 Å². The number of hydrogen-bond donors (Lipinski definition) is 4. The van der Waals surface area contributed by atoms with Gasteiger partial charge in [0.25, 0.3) is 11.8 Å². The molecule has 0 aromatic carbocycles. The fourth-order valence-corrected chi connectivity index (χ4v) is 6.47. The van der Waals surface area contributed by atoms with E-state index >= 15 is 0 Å². The monoisotopic (exact) mass is 535 g/mol. The van der Waals surface area contributed by atoms with Gasteiger partial charge in [-0.3, -0.25) is 14.5 Å². The molecule has 2 aromatic heterocycles. The summed E-state index contributed by atoms with van der Waals surface area (Å²) in [6, 6.07) is -0.961. The van der Waals surface area contributed by atoms with E-state index < -0.39 is 29.2 Å². The highest BCUT2D eigenvalue weighted by molar-refractivity contribution is 8.01. The van der Waals surface area contributed by atoms with Gasteiger partial charge in [-0.05, 0) is 17.1 Å². The number of nitrogens with two attached hydrogens (primary N) is 1. The average molecular weight is 536 g/mol. The summed E-state index contributed by atoms with van der Waals surface area (Å²) in [4.78, 5) is 46.2. The van der Waals surface area contributed by atoms with Gasteiger partial charge in [-0.1, -0.05) is 16.9 Å². The summed E-state index contributed by atoms with van der Waals surface area (Å²) in [5.74, 6) is -1.87. The largest absolute Gasteiger partial charge is 0.477 e. The molecule has 32 heavy (non-hydrogen) atoms. The molecule has 1 saturated heterocycles. The molecule has 2 aliphatic rings. The van der Waals surface area contributed by atoms with Crippen LogP contribution in [0.15, 0.2) is 32.5 Å². The quantitative estimate of drug-likeness (QED) is 0.129. The molecule has 1 unspecified atom stereocenters. The lowest BCUT2D eigenvalue weighted by Crippen LogP contribution is -2.71. The van der Waals surface area contributed by atoms with E-state index in [0.29, 0.717) is 21.4 Å². The number of aromatic nitrogens is 3. The van der Waals surface area contributed by atoms with Gasteiger partial charge in [0.15, 0.2) is 15.2 Å². The topological polar surface area (TPSA) is 184 Å². The van der Waals surface area contributed by atoms with Gasteiger partial charge in [0.1, 0.15) is 29.1 Å². The Morgan fingerprint density at radius 2 is 2.22 bits per heavy atom. The number of thioether (sulfide) groups is 2. The van der Waals surface area contributed by atoms with Gasteiger partial charge in [0, 0.05) is 16.9 Å². The second-order valence-electron chi connectivity index (χ2n) is 6.13. The van der Waals surface area contributed by atoms with Gasteiger partial charge in [-0.15, -0.1) is 35.5 Å². The molecule has 0 aliphatic carbocycles. The molecule has 0 spiro atoms. The number of amides is 2. The third-order valence-corrected chi connectivity index (χ3v) is 8.22. The Morgan fingerprint density at radius 1 is 1.44 bits per heavy atom. The van der Waals surface area contributed by atoms with Crippen LogP contribution in [0.25, 0.3) is 0 Å². The predicted octanol–water partition coefficient (Wildman–Crippen LogP) is 0.708. The number of rotatable bonds is 7. The fraction of sp³-hybridized carbons (Fsp3) is 0.267. The fourth-order valence-electron chi connectivity index (χ4n) is 2.99. The van der Waals surface area contributed by atoms with E-state index in [0.717, 1.165) is 11.3 Å². The third kappa shape index (κ3) is 4.54. The molecule has 0 saturated carbocycles. The number of halogens is 1. The van der Waals surface area contributed by atoms with Gasteiger partial charge in [0.2, 0.25) is 0 Å². The molecule has 2 atom stereocenters. The molecule has 2 amide bonds. The van der Waals surface area contributed by atoms with E-state index in [9.17, 15) is 24.7 Å². The van der Waals surface area contributed by atoms with Crippen LogP contribution in [-0.4, -0.2) is 76.0 Å². The number of β-lactam (4-membered cyclic amide) rings is 1. The van der Waals surface area contributed by atoms with Crippen LogP contribution >= 0.6 is 58.8 Å². The van der Waals surface area contributed by atoms with Crippen LogP contribution in [-0.2, 0) is 14.4 Å². The van der Waals surface area contributed by atoms with E-state index in [1.165, 1.54) is 51.7 Å². The zero-order valence-electron chi connectivity index (χ0n) is 15.7. The van der Waals surface area contributed by atoms with E-state index in [1.807, 2.05) is 0 Å². The first-order valence-electron chi connectivity index (χ1n) is 8.44. The lowest BCUT2D eigenvalue weighted by molar-refractivity contribution is -0.150. The lowest BCUT2D eigenvalue weighted by atomic mass is 10.0. The molecule has 170 valence electrons. The third-order valence-electron chi connectivity index (χ3n) is 4.33. The van der Waals surface area contributed by atoms with Crippen LogP contribution in [0.5, 0.6) is 0 Å². The molecule has 12 nitrogen and oxygen atoms in total. The summed E-state index contributed by atoms with van der Waals surface area (Å²) in [5.41, 5.74) is 5.73. The van der Waals surface area contributed by atoms with Crippen LogP contribution in [0, 0.1) is 0 Å². The van der Waals surface area contributed by atoms with Crippen molar-refractivity contribution in [1.29, 1.82) is 0 Å². The van der Waals surface area contributed by atoms with Crippen molar-refractivity contribution in [3.8, 4) is 0 Å². The Morgan fingerprint density at radius 3 is 2.81 bits per heavy atom. The zero-order valence-corrected chi connectivity index (χ0v) is 19.8. The minimum atomic E-state index is -1.22. The van der Waals surface area contributed by atoms with Gasteiger partial charge >= 0.3 is 5.97 Å². The molecular formula is C15H14ClN7O5S4. The highest BCUT2D eigenvalue weighted by Crippen LogP contribution is 2.41. The Hall–Kier alpha value is -2.40. The number of hydrogen-bond acceptors (Lipinski definition) is 13. The van der Waals surface area contributed by atoms with Gasteiger partial charge < -0.3 is 21.4 Å². The maximum atomic E-state index is 12.7. The molecular weight excluding hydrogens is 522 g/mol. The summed E-state index contributed by atoms with van der Waals surface area (Å²) in [6.07, 6.45) is 1.42. The number of fused-ring (bicyclic) bond motifs is 1. The maximum Gasteiger partial charge on any atom is 0.352 e. The Bertz CT molecular complexity index is 1110. The summed E-state index contributed by atoms with van der Waals surface area (Å²) in [5, 5.41) is 25.4.